The fourth-order valence-electron chi connectivity index (χ4n) is 2.90. The molecule has 1 aliphatic carbocycles. The number of carbonyl (C=O) groups is 2. The third-order valence-electron chi connectivity index (χ3n) is 4.27. The van der Waals surface area contributed by atoms with E-state index in [1.54, 1.807) is 12.2 Å². The average molecular weight is 300 g/mol. The molecule has 1 aromatic carbocycles. The van der Waals surface area contributed by atoms with Crippen molar-refractivity contribution in [3.63, 3.8) is 0 Å². The quantitative estimate of drug-likeness (QED) is 0.818. The van der Waals surface area contributed by atoms with Crippen molar-refractivity contribution >= 4 is 17.5 Å². The van der Waals surface area contributed by atoms with Crippen LogP contribution in [-0.2, 0) is 22.4 Å². The fraction of sp³-hybridized carbons (Fsp3) is 0.333. The summed E-state index contributed by atoms with van der Waals surface area (Å²) in [5, 5.41) is 18.5. The summed E-state index contributed by atoms with van der Waals surface area (Å²) in [5.74, 6) is -2.66. The Bertz CT molecular complexity index is 654. The van der Waals surface area contributed by atoms with E-state index in [9.17, 15) is 19.8 Å². The maximum atomic E-state index is 11.3. The number of benzene rings is 1. The minimum absolute atomic E-state index is 0.0387. The summed E-state index contributed by atoms with van der Waals surface area (Å²) >= 11 is 0. The minimum atomic E-state index is -1.85. The molecule has 0 aliphatic heterocycles. The van der Waals surface area contributed by atoms with Gasteiger partial charge in [0.05, 0.1) is 0 Å². The van der Waals surface area contributed by atoms with Gasteiger partial charge in [-0.3, -0.25) is 9.59 Å². The van der Waals surface area contributed by atoms with Crippen molar-refractivity contribution in [1.29, 1.82) is 0 Å². The summed E-state index contributed by atoms with van der Waals surface area (Å²) in [6.07, 6.45) is 6.42. The number of rotatable bonds is 5. The van der Waals surface area contributed by atoms with E-state index < -0.39 is 17.4 Å². The summed E-state index contributed by atoms with van der Waals surface area (Å²) in [4.78, 5) is 22.6. The lowest BCUT2D eigenvalue weighted by molar-refractivity contribution is -0.160. The summed E-state index contributed by atoms with van der Waals surface area (Å²) in [6.45, 7) is 4.19. The summed E-state index contributed by atoms with van der Waals surface area (Å²) < 4.78 is 0. The van der Waals surface area contributed by atoms with E-state index >= 15 is 0 Å². The maximum absolute atomic E-state index is 11.3. The van der Waals surface area contributed by atoms with E-state index in [0.29, 0.717) is 0 Å². The van der Waals surface area contributed by atoms with Crippen LogP contribution < -0.4 is 0 Å². The van der Waals surface area contributed by atoms with E-state index in [0.717, 1.165) is 24.0 Å². The van der Waals surface area contributed by atoms with Gasteiger partial charge in [-0.15, -0.1) is 0 Å². The SMILES string of the molecule is CCc1cccc(C2=CCC(C(=O)O)(C(=O)O)C=C2)c1CC. The summed E-state index contributed by atoms with van der Waals surface area (Å²) in [7, 11) is 0. The first kappa shape index (κ1) is 16.0. The lowest BCUT2D eigenvalue weighted by Crippen LogP contribution is -2.38. The molecule has 0 saturated carbocycles. The van der Waals surface area contributed by atoms with Crippen LogP contribution in [0.3, 0.4) is 0 Å². The van der Waals surface area contributed by atoms with Gasteiger partial charge in [0.25, 0.3) is 0 Å². The van der Waals surface area contributed by atoms with Crippen LogP contribution in [0.25, 0.3) is 5.57 Å². The van der Waals surface area contributed by atoms with E-state index in [2.05, 4.69) is 19.9 Å². The van der Waals surface area contributed by atoms with Crippen molar-refractivity contribution in [2.45, 2.75) is 33.1 Å². The highest BCUT2D eigenvalue weighted by molar-refractivity contribution is 6.02. The molecule has 22 heavy (non-hydrogen) atoms. The number of hydrogen-bond donors (Lipinski definition) is 2. The molecule has 2 N–H and O–H groups in total. The zero-order valence-electron chi connectivity index (χ0n) is 12.8. The predicted molar refractivity (Wildman–Crippen MR) is 84.6 cm³/mol. The van der Waals surface area contributed by atoms with E-state index in [4.69, 9.17) is 0 Å². The van der Waals surface area contributed by atoms with Gasteiger partial charge in [-0.25, -0.2) is 0 Å². The van der Waals surface area contributed by atoms with Gasteiger partial charge in [0.15, 0.2) is 5.41 Å². The molecule has 0 radical (unpaired) electrons. The van der Waals surface area contributed by atoms with Gasteiger partial charge in [0.2, 0.25) is 0 Å². The van der Waals surface area contributed by atoms with Gasteiger partial charge >= 0.3 is 11.9 Å². The number of carboxylic acid groups (broad SMARTS) is 2. The molecule has 0 spiro atoms. The largest absolute Gasteiger partial charge is 0.480 e. The first-order chi connectivity index (χ1) is 10.5. The van der Waals surface area contributed by atoms with Crippen molar-refractivity contribution in [2.24, 2.45) is 5.41 Å². The van der Waals surface area contributed by atoms with Gasteiger partial charge in [-0.1, -0.05) is 50.3 Å². The minimum Gasteiger partial charge on any atom is -0.480 e. The Morgan fingerprint density at radius 3 is 2.27 bits per heavy atom. The van der Waals surface area contributed by atoms with Crippen LogP contribution in [0.5, 0.6) is 0 Å². The zero-order valence-corrected chi connectivity index (χ0v) is 12.8. The number of aryl methyl sites for hydroxylation is 1. The second-order valence-electron chi connectivity index (χ2n) is 5.43. The highest BCUT2D eigenvalue weighted by atomic mass is 16.4. The zero-order chi connectivity index (χ0) is 16.3. The molecule has 0 aromatic heterocycles. The Hall–Kier alpha value is -2.36. The van der Waals surface area contributed by atoms with Crippen molar-refractivity contribution in [3.05, 3.63) is 53.1 Å². The van der Waals surface area contributed by atoms with E-state index in [-0.39, 0.29) is 6.42 Å². The van der Waals surface area contributed by atoms with Crippen molar-refractivity contribution in [2.75, 3.05) is 0 Å². The molecule has 116 valence electrons. The molecule has 0 unspecified atom stereocenters. The highest BCUT2D eigenvalue weighted by Gasteiger charge is 2.44. The van der Waals surface area contributed by atoms with Gasteiger partial charge in [-0.05, 0) is 41.5 Å². The van der Waals surface area contributed by atoms with Crippen LogP contribution in [0.2, 0.25) is 0 Å². The van der Waals surface area contributed by atoms with Crippen molar-refractivity contribution in [3.8, 4) is 0 Å². The number of allylic oxidation sites excluding steroid dienone is 3. The summed E-state index contributed by atoms with van der Waals surface area (Å²) in [5.41, 5.74) is 2.60. The standard InChI is InChI=1S/C18H20O4/c1-3-12-6-5-7-15(14(12)4-2)13-8-10-18(11-9-13,16(19)20)17(21)22/h5-10H,3-4,11H2,1-2H3,(H,19,20)(H,21,22). The Balaban J connectivity index is 2.43. The lowest BCUT2D eigenvalue weighted by Gasteiger charge is -2.24. The highest BCUT2D eigenvalue weighted by Crippen LogP contribution is 2.35. The van der Waals surface area contributed by atoms with Crippen molar-refractivity contribution in [1.82, 2.24) is 0 Å². The van der Waals surface area contributed by atoms with E-state index in [1.165, 1.54) is 17.2 Å². The molecule has 0 bridgehead atoms. The molecule has 0 amide bonds. The molecule has 0 atom stereocenters. The third-order valence-corrected chi connectivity index (χ3v) is 4.27. The van der Waals surface area contributed by atoms with Gasteiger partial charge < -0.3 is 10.2 Å². The van der Waals surface area contributed by atoms with Crippen LogP contribution in [0, 0.1) is 5.41 Å². The second-order valence-corrected chi connectivity index (χ2v) is 5.43. The smallest absolute Gasteiger partial charge is 0.325 e. The Kier molecular flexibility index (Phi) is 4.50. The van der Waals surface area contributed by atoms with Crippen molar-refractivity contribution < 1.29 is 19.8 Å². The molecular weight excluding hydrogens is 280 g/mol. The van der Waals surface area contributed by atoms with Gasteiger partial charge in [0, 0.05) is 0 Å². The van der Waals surface area contributed by atoms with Gasteiger partial charge in [-0.2, -0.15) is 0 Å². The lowest BCUT2D eigenvalue weighted by atomic mass is 9.78. The molecule has 1 aromatic rings. The fourth-order valence-corrected chi connectivity index (χ4v) is 2.90. The molecule has 0 heterocycles. The van der Waals surface area contributed by atoms with Crippen LogP contribution in [0.4, 0.5) is 0 Å². The molecule has 2 rings (SSSR count). The maximum Gasteiger partial charge on any atom is 0.325 e. The summed E-state index contributed by atoms with van der Waals surface area (Å²) in [6, 6.07) is 6.08. The number of aliphatic carboxylic acids is 2. The Morgan fingerprint density at radius 2 is 1.82 bits per heavy atom. The second kappa shape index (κ2) is 6.18. The van der Waals surface area contributed by atoms with Crippen LogP contribution in [0.1, 0.15) is 37.0 Å². The molecule has 4 nitrogen and oxygen atoms in total. The third kappa shape index (κ3) is 2.56. The van der Waals surface area contributed by atoms with E-state index in [1.807, 2.05) is 12.1 Å². The molecule has 1 aliphatic rings. The number of carboxylic acids is 2. The predicted octanol–water partition coefficient (Wildman–Crippen LogP) is 3.31. The molecule has 0 saturated heterocycles. The normalized spacial score (nSPS) is 16.2. The van der Waals surface area contributed by atoms with Crippen LogP contribution in [-0.4, -0.2) is 22.2 Å². The van der Waals surface area contributed by atoms with Crippen LogP contribution in [0.15, 0.2) is 36.4 Å². The number of hydrogen-bond acceptors (Lipinski definition) is 2. The molecule has 0 fully saturated rings. The first-order valence-corrected chi connectivity index (χ1v) is 7.43. The first-order valence-electron chi connectivity index (χ1n) is 7.43. The molecular formula is C18H20O4. The topological polar surface area (TPSA) is 74.6 Å². The van der Waals surface area contributed by atoms with Crippen LogP contribution >= 0.6 is 0 Å². The molecule has 4 heteroatoms. The Morgan fingerprint density at radius 1 is 1.14 bits per heavy atom. The monoisotopic (exact) mass is 300 g/mol. The van der Waals surface area contributed by atoms with Gasteiger partial charge in [0.1, 0.15) is 0 Å². The average Bonchev–Trinajstić information content (AvgIpc) is 2.53. The Labute approximate surface area is 129 Å².